The number of rotatable bonds is 5. The van der Waals surface area contributed by atoms with Crippen LogP contribution in [0.5, 0.6) is 0 Å². The number of hydrogen-bond donors (Lipinski definition) is 0. The van der Waals surface area contributed by atoms with E-state index in [1.54, 1.807) is 0 Å². The van der Waals surface area contributed by atoms with Crippen LogP contribution < -0.4 is 11.2 Å². The third-order valence-electron chi connectivity index (χ3n) is 4.27. The molecular weight excluding hydrogens is 356 g/mol. The molecule has 1 saturated heterocycles. The van der Waals surface area contributed by atoms with E-state index in [-0.39, 0.29) is 17.3 Å². The second-order valence-electron chi connectivity index (χ2n) is 6.60. The number of fused-ring (bicyclic) bond motifs is 1. The molecule has 2 aromatic heterocycles. The summed E-state index contributed by atoms with van der Waals surface area (Å²) in [5.41, 5.74) is -0.497. The van der Waals surface area contributed by atoms with Crippen molar-refractivity contribution >= 4 is 28.8 Å². The second-order valence-corrected chi connectivity index (χ2v) is 7.79. The molecule has 0 radical (unpaired) electrons. The Morgan fingerprint density at radius 3 is 2.58 bits per heavy atom. The van der Waals surface area contributed by atoms with Crippen molar-refractivity contribution in [3.8, 4) is 0 Å². The van der Waals surface area contributed by atoms with E-state index >= 15 is 0 Å². The largest absolute Gasteiger partial charge is 0.465 e. The number of aryl methyl sites for hydroxylation is 1. The van der Waals surface area contributed by atoms with Crippen LogP contribution in [0.3, 0.4) is 0 Å². The summed E-state index contributed by atoms with van der Waals surface area (Å²) < 4.78 is 7.61. The number of esters is 1. The Hall–Kier alpha value is -2.16. The van der Waals surface area contributed by atoms with E-state index in [9.17, 15) is 14.4 Å². The Balaban J connectivity index is 2.32. The summed E-state index contributed by atoms with van der Waals surface area (Å²) in [7, 11) is 1.45. The summed E-state index contributed by atoms with van der Waals surface area (Å²) in [6, 6.07) is 0. The molecule has 1 aliphatic heterocycles. The van der Waals surface area contributed by atoms with Gasteiger partial charge in [-0.05, 0) is 6.42 Å². The average molecular weight is 378 g/mol. The van der Waals surface area contributed by atoms with Crippen LogP contribution in [0.25, 0.3) is 11.0 Å². The molecule has 0 unspecified atom stereocenters. The molecule has 0 bridgehead atoms. The van der Waals surface area contributed by atoms with Gasteiger partial charge in [0.1, 0.15) is 21.5 Å². The van der Waals surface area contributed by atoms with Crippen LogP contribution >= 0.6 is 11.8 Å². The zero-order valence-corrected chi connectivity index (χ0v) is 16.1. The highest BCUT2D eigenvalue weighted by molar-refractivity contribution is 8.00. The van der Waals surface area contributed by atoms with E-state index in [0.717, 1.165) is 11.0 Å². The maximum Gasteiger partial charge on any atom is 0.332 e. The Bertz CT molecular complexity index is 979. The third-order valence-corrected chi connectivity index (χ3v) is 5.50. The minimum absolute atomic E-state index is 0.0171. The molecular formula is C17H22N4O4S. The Morgan fingerprint density at radius 1 is 1.27 bits per heavy atom. The van der Waals surface area contributed by atoms with Crippen LogP contribution in [0.1, 0.15) is 45.4 Å². The number of carbonyl (C=O) groups excluding carboxylic acids is 1. The van der Waals surface area contributed by atoms with Gasteiger partial charge in [0.2, 0.25) is 0 Å². The van der Waals surface area contributed by atoms with E-state index in [0.29, 0.717) is 36.1 Å². The van der Waals surface area contributed by atoms with Crippen LogP contribution in [0.4, 0.5) is 0 Å². The summed E-state index contributed by atoms with van der Waals surface area (Å²) >= 11 is 1.22. The average Bonchev–Trinajstić information content (AvgIpc) is 3.01. The maximum atomic E-state index is 12.8. The molecule has 0 N–H and O–H groups in total. The highest BCUT2D eigenvalue weighted by Crippen LogP contribution is 2.32. The molecule has 2 aromatic rings. The lowest BCUT2D eigenvalue weighted by atomic mass is 10.2. The number of aromatic nitrogens is 4. The molecule has 0 aromatic carbocycles. The van der Waals surface area contributed by atoms with Gasteiger partial charge in [0, 0.05) is 25.9 Å². The monoisotopic (exact) mass is 378 g/mol. The second kappa shape index (κ2) is 7.22. The van der Waals surface area contributed by atoms with Crippen molar-refractivity contribution in [2.75, 3.05) is 6.61 Å². The van der Waals surface area contributed by atoms with E-state index < -0.39 is 16.5 Å². The van der Waals surface area contributed by atoms with Crippen molar-refractivity contribution in [2.24, 2.45) is 7.05 Å². The van der Waals surface area contributed by atoms with Crippen LogP contribution in [0.15, 0.2) is 14.6 Å². The lowest BCUT2D eigenvalue weighted by molar-refractivity contribution is -0.137. The lowest BCUT2D eigenvalue weighted by Gasteiger charge is -2.15. The first-order valence-corrected chi connectivity index (χ1v) is 9.57. The fraction of sp³-hybridized carbons (Fsp3) is 0.588. The van der Waals surface area contributed by atoms with Gasteiger partial charge in [-0.2, -0.15) is 0 Å². The first-order valence-electron chi connectivity index (χ1n) is 8.69. The Kier molecular flexibility index (Phi) is 5.17. The molecule has 140 valence electrons. The summed E-state index contributed by atoms with van der Waals surface area (Å²) in [5, 5.41) is 0.326. The summed E-state index contributed by atoms with van der Waals surface area (Å²) in [4.78, 5) is 46.3. The Labute approximate surface area is 154 Å². The van der Waals surface area contributed by atoms with Crippen molar-refractivity contribution < 1.29 is 9.53 Å². The van der Waals surface area contributed by atoms with E-state index in [1.807, 2.05) is 20.8 Å². The smallest absolute Gasteiger partial charge is 0.332 e. The molecule has 3 heterocycles. The minimum Gasteiger partial charge on any atom is -0.465 e. The topological polar surface area (TPSA) is 96.1 Å². The molecule has 3 rings (SSSR count). The highest BCUT2D eigenvalue weighted by Gasteiger charge is 2.30. The van der Waals surface area contributed by atoms with Crippen molar-refractivity contribution in [3.05, 3.63) is 26.7 Å². The predicted octanol–water partition coefficient (Wildman–Crippen LogP) is 1.43. The van der Waals surface area contributed by atoms with Gasteiger partial charge in [-0.3, -0.25) is 18.7 Å². The number of carbonyl (C=O) groups is 1. The van der Waals surface area contributed by atoms with Gasteiger partial charge < -0.3 is 4.74 Å². The molecule has 8 nitrogen and oxygen atoms in total. The number of thioether (sulfide) groups is 1. The van der Waals surface area contributed by atoms with E-state index in [2.05, 4.69) is 9.97 Å². The maximum absolute atomic E-state index is 12.8. The molecule has 1 fully saturated rings. The lowest BCUT2D eigenvalue weighted by Crippen LogP contribution is -2.39. The Morgan fingerprint density at radius 2 is 2.00 bits per heavy atom. The van der Waals surface area contributed by atoms with Gasteiger partial charge in [0.05, 0.1) is 6.61 Å². The minimum atomic E-state index is -0.443. The van der Waals surface area contributed by atoms with Crippen molar-refractivity contribution in [3.63, 3.8) is 0 Å². The summed E-state index contributed by atoms with van der Waals surface area (Å²) in [6.45, 7) is 6.67. The fourth-order valence-electron chi connectivity index (χ4n) is 2.84. The van der Waals surface area contributed by atoms with Gasteiger partial charge in [-0.25, -0.2) is 14.8 Å². The SMILES string of the molecule is CCCn1c(=O)n(C)c(=O)c2c(S[C@@H]3CCOC3=O)nc(C(C)C)nc21. The zero-order chi connectivity index (χ0) is 19.0. The molecule has 26 heavy (non-hydrogen) atoms. The number of hydrogen-bond acceptors (Lipinski definition) is 7. The molecule has 0 aliphatic carbocycles. The summed E-state index contributed by atoms with van der Waals surface area (Å²) in [5.74, 6) is 0.263. The number of cyclic esters (lactones) is 1. The number of ether oxygens (including phenoxy) is 1. The molecule has 0 spiro atoms. The van der Waals surface area contributed by atoms with Crippen LogP contribution in [0.2, 0.25) is 0 Å². The zero-order valence-electron chi connectivity index (χ0n) is 15.3. The predicted molar refractivity (Wildman–Crippen MR) is 98.6 cm³/mol. The standard InChI is InChI=1S/C17H22N4O4S/c1-5-7-21-13-11(15(22)20(4)17(21)24)14(19-12(18-13)9(2)3)26-10-6-8-25-16(10)23/h9-10H,5-8H2,1-4H3/t10-/m1/s1. The first kappa shape index (κ1) is 18.6. The summed E-state index contributed by atoms with van der Waals surface area (Å²) in [6.07, 6.45) is 1.30. The fourth-order valence-corrected chi connectivity index (χ4v) is 3.93. The first-order chi connectivity index (χ1) is 12.3. The van der Waals surface area contributed by atoms with Crippen molar-refractivity contribution in [1.29, 1.82) is 0 Å². The normalized spacial score (nSPS) is 17.3. The van der Waals surface area contributed by atoms with Crippen molar-refractivity contribution in [1.82, 2.24) is 19.1 Å². The van der Waals surface area contributed by atoms with Gasteiger partial charge in [-0.15, -0.1) is 0 Å². The molecule has 0 saturated carbocycles. The van der Waals surface area contributed by atoms with Gasteiger partial charge >= 0.3 is 11.7 Å². The molecule has 0 amide bonds. The quantitative estimate of drug-likeness (QED) is 0.573. The molecule has 9 heteroatoms. The molecule has 1 aliphatic rings. The van der Waals surface area contributed by atoms with Gasteiger partial charge in [0.15, 0.2) is 5.65 Å². The van der Waals surface area contributed by atoms with E-state index in [1.165, 1.54) is 23.4 Å². The molecule has 1 atom stereocenters. The number of nitrogens with zero attached hydrogens (tertiary/aromatic N) is 4. The van der Waals surface area contributed by atoms with Crippen molar-refractivity contribution in [2.45, 2.75) is 56.4 Å². The van der Waals surface area contributed by atoms with E-state index in [4.69, 9.17) is 4.74 Å². The highest BCUT2D eigenvalue weighted by atomic mass is 32.2. The van der Waals surface area contributed by atoms with Gasteiger partial charge in [0.25, 0.3) is 5.56 Å². The van der Waals surface area contributed by atoms with Crippen LogP contribution in [0, 0.1) is 0 Å². The van der Waals surface area contributed by atoms with Gasteiger partial charge in [-0.1, -0.05) is 32.5 Å². The van der Waals surface area contributed by atoms with Crippen LogP contribution in [-0.4, -0.2) is 36.9 Å². The van der Waals surface area contributed by atoms with Crippen LogP contribution in [-0.2, 0) is 23.1 Å². The third kappa shape index (κ3) is 3.15.